The number of allylic oxidation sites excluding steroid dienone is 8. The normalized spacial score (nSPS) is 12.3. The highest BCUT2D eigenvalue weighted by Crippen LogP contribution is 2.17. The molecule has 0 bridgehead atoms. The Morgan fingerprint density at radius 3 is 0.899 bits per heavy atom. The number of unbranched alkanes of at least 4 members (excludes halogenated alkanes) is 36. The Morgan fingerprint density at radius 1 is 0.304 bits per heavy atom. The standard InChI is InChI=1S/C63H114O6/c1-4-7-10-13-16-19-22-25-28-30-32-34-35-38-41-44-47-50-53-56-62(65)68-59-60(58-67-61(64)55-52-49-46-43-40-37-27-24-21-18-15-12-9-6-3)69-63(66)57-54-51-48-45-42-39-36-33-31-29-26-23-20-17-14-11-8-5-2/h9,12,18,21,27,30,32,37,60H,4-8,10-11,13-17,19-20,22-26,28-29,31,33-36,38-59H2,1-3H3/b12-9-,21-18-,32-30-,37-27-. The van der Waals surface area contributed by atoms with Crippen LogP contribution in [-0.2, 0) is 28.6 Å². The Labute approximate surface area is 428 Å². The first-order valence-corrected chi connectivity index (χ1v) is 30.1. The van der Waals surface area contributed by atoms with Crippen molar-refractivity contribution in [2.45, 2.75) is 322 Å². The van der Waals surface area contributed by atoms with Crippen LogP contribution in [0.25, 0.3) is 0 Å². The van der Waals surface area contributed by atoms with E-state index in [1.807, 2.05) is 0 Å². The van der Waals surface area contributed by atoms with Crippen LogP contribution in [0.3, 0.4) is 0 Å². The number of hydrogen-bond donors (Lipinski definition) is 0. The Kier molecular flexibility index (Phi) is 55.7. The molecule has 0 aromatic rings. The molecule has 402 valence electrons. The SMILES string of the molecule is CC/C=C\C/C=C\C/C=C\CCCCCCC(=O)OCC(COC(=O)CCCCCCCCC/C=C\CCCCCCCCCC)OC(=O)CCCCCCCCCCCCCCCCCCCC. The summed E-state index contributed by atoms with van der Waals surface area (Å²) in [7, 11) is 0. The van der Waals surface area contributed by atoms with Crippen molar-refractivity contribution in [1.82, 2.24) is 0 Å². The largest absolute Gasteiger partial charge is 0.462 e. The highest BCUT2D eigenvalue weighted by Gasteiger charge is 2.19. The molecule has 0 aliphatic heterocycles. The van der Waals surface area contributed by atoms with Gasteiger partial charge in [-0.25, -0.2) is 0 Å². The van der Waals surface area contributed by atoms with Crippen LogP contribution in [0.15, 0.2) is 48.6 Å². The van der Waals surface area contributed by atoms with E-state index in [4.69, 9.17) is 14.2 Å². The van der Waals surface area contributed by atoms with Gasteiger partial charge in [0.15, 0.2) is 6.10 Å². The predicted octanol–water partition coefficient (Wildman–Crippen LogP) is 20.2. The maximum Gasteiger partial charge on any atom is 0.306 e. The van der Waals surface area contributed by atoms with Gasteiger partial charge in [0.1, 0.15) is 13.2 Å². The van der Waals surface area contributed by atoms with Crippen LogP contribution in [0, 0.1) is 0 Å². The molecule has 0 saturated carbocycles. The highest BCUT2D eigenvalue weighted by molar-refractivity contribution is 5.71. The Balaban J connectivity index is 4.35. The summed E-state index contributed by atoms with van der Waals surface area (Å²) in [6, 6.07) is 0. The van der Waals surface area contributed by atoms with E-state index in [0.29, 0.717) is 19.3 Å². The summed E-state index contributed by atoms with van der Waals surface area (Å²) in [5.41, 5.74) is 0. The van der Waals surface area contributed by atoms with Gasteiger partial charge in [-0.3, -0.25) is 14.4 Å². The Hall–Kier alpha value is -2.63. The van der Waals surface area contributed by atoms with Crippen LogP contribution in [0.2, 0.25) is 0 Å². The lowest BCUT2D eigenvalue weighted by Gasteiger charge is -2.18. The van der Waals surface area contributed by atoms with E-state index in [1.54, 1.807) is 0 Å². The third-order valence-corrected chi connectivity index (χ3v) is 13.3. The predicted molar refractivity (Wildman–Crippen MR) is 298 cm³/mol. The van der Waals surface area contributed by atoms with Crippen LogP contribution in [0.1, 0.15) is 316 Å². The van der Waals surface area contributed by atoms with Crippen molar-refractivity contribution in [1.29, 1.82) is 0 Å². The monoisotopic (exact) mass is 967 g/mol. The number of hydrogen-bond acceptors (Lipinski definition) is 6. The Morgan fingerprint density at radius 2 is 0.565 bits per heavy atom. The minimum Gasteiger partial charge on any atom is -0.462 e. The fraction of sp³-hybridized carbons (Fsp3) is 0.825. The van der Waals surface area contributed by atoms with E-state index in [9.17, 15) is 14.4 Å². The minimum atomic E-state index is -0.782. The van der Waals surface area contributed by atoms with Gasteiger partial charge in [0.25, 0.3) is 0 Å². The molecule has 6 heteroatoms. The van der Waals surface area contributed by atoms with Crippen molar-refractivity contribution >= 4 is 17.9 Å². The molecule has 1 unspecified atom stereocenters. The van der Waals surface area contributed by atoms with Gasteiger partial charge in [-0.05, 0) is 77.0 Å². The van der Waals surface area contributed by atoms with Gasteiger partial charge in [0, 0.05) is 19.3 Å². The third-order valence-electron chi connectivity index (χ3n) is 13.3. The smallest absolute Gasteiger partial charge is 0.306 e. The fourth-order valence-electron chi connectivity index (χ4n) is 8.81. The minimum absolute atomic E-state index is 0.0796. The average Bonchev–Trinajstić information content (AvgIpc) is 3.35. The number of esters is 3. The van der Waals surface area contributed by atoms with Gasteiger partial charge < -0.3 is 14.2 Å². The summed E-state index contributed by atoms with van der Waals surface area (Å²) in [6.45, 7) is 6.55. The van der Waals surface area contributed by atoms with E-state index in [2.05, 4.69) is 69.4 Å². The molecule has 0 saturated heterocycles. The van der Waals surface area contributed by atoms with E-state index in [-0.39, 0.29) is 31.1 Å². The lowest BCUT2D eigenvalue weighted by molar-refractivity contribution is -0.167. The van der Waals surface area contributed by atoms with E-state index >= 15 is 0 Å². The van der Waals surface area contributed by atoms with Crippen LogP contribution >= 0.6 is 0 Å². The van der Waals surface area contributed by atoms with E-state index < -0.39 is 6.10 Å². The quantitative estimate of drug-likeness (QED) is 0.0262. The van der Waals surface area contributed by atoms with Crippen molar-refractivity contribution in [3.05, 3.63) is 48.6 Å². The van der Waals surface area contributed by atoms with Gasteiger partial charge in [-0.1, -0.05) is 268 Å². The van der Waals surface area contributed by atoms with Crippen molar-refractivity contribution in [3.8, 4) is 0 Å². The van der Waals surface area contributed by atoms with Crippen molar-refractivity contribution in [2.24, 2.45) is 0 Å². The zero-order valence-electron chi connectivity index (χ0n) is 46.1. The number of rotatable bonds is 55. The van der Waals surface area contributed by atoms with Crippen LogP contribution in [0.5, 0.6) is 0 Å². The summed E-state index contributed by atoms with van der Waals surface area (Å²) in [6.07, 6.45) is 71.1. The van der Waals surface area contributed by atoms with Crippen molar-refractivity contribution in [2.75, 3.05) is 13.2 Å². The maximum absolute atomic E-state index is 12.9. The summed E-state index contributed by atoms with van der Waals surface area (Å²) >= 11 is 0. The van der Waals surface area contributed by atoms with Gasteiger partial charge in [0.2, 0.25) is 0 Å². The lowest BCUT2D eigenvalue weighted by atomic mass is 10.0. The molecule has 0 aliphatic rings. The molecule has 0 spiro atoms. The molecule has 0 radical (unpaired) electrons. The topological polar surface area (TPSA) is 78.9 Å². The number of ether oxygens (including phenoxy) is 3. The van der Waals surface area contributed by atoms with Gasteiger partial charge in [-0.15, -0.1) is 0 Å². The van der Waals surface area contributed by atoms with Crippen molar-refractivity contribution in [3.63, 3.8) is 0 Å². The Bertz CT molecular complexity index is 1200. The zero-order valence-corrected chi connectivity index (χ0v) is 46.1. The zero-order chi connectivity index (χ0) is 50.0. The summed E-state index contributed by atoms with van der Waals surface area (Å²) in [5.74, 6) is -0.889. The van der Waals surface area contributed by atoms with Gasteiger partial charge >= 0.3 is 17.9 Å². The summed E-state index contributed by atoms with van der Waals surface area (Å²) in [4.78, 5) is 38.2. The molecule has 0 amide bonds. The molecule has 69 heavy (non-hydrogen) atoms. The molecule has 0 heterocycles. The van der Waals surface area contributed by atoms with E-state index in [1.165, 1.54) is 186 Å². The molecular weight excluding hydrogens is 853 g/mol. The number of carbonyl (C=O) groups is 3. The second-order valence-electron chi connectivity index (χ2n) is 20.2. The first-order chi connectivity index (χ1) is 34.0. The molecule has 1 atom stereocenters. The fourth-order valence-corrected chi connectivity index (χ4v) is 8.81. The molecule has 0 aromatic carbocycles. The summed E-state index contributed by atoms with van der Waals surface area (Å²) < 4.78 is 16.9. The lowest BCUT2D eigenvalue weighted by Crippen LogP contribution is -2.30. The third kappa shape index (κ3) is 56.2. The highest BCUT2D eigenvalue weighted by atomic mass is 16.6. The molecule has 0 aromatic heterocycles. The van der Waals surface area contributed by atoms with Gasteiger partial charge in [-0.2, -0.15) is 0 Å². The number of carbonyl (C=O) groups excluding carboxylic acids is 3. The maximum atomic E-state index is 12.9. The molecule has 6 nitrogen and oxygen atoms in total. The van der Waals surface area contributed by atoms with Crippen LogP contribution < -0.4 is 0 Å². The van der Waals surface area contributed by atoms with E-state index in [0.717, 1.165) is 89.9 Å². The van der Waals surface area contributed by atoms with Crippen LogP contribution in [0.4, 0.5) is 0 Å². The first-order valence-electron chi connectivity index (χ1n) is 30.1. The van der Waals surface area contributed by atoms with Crippen LogP contribution in [-0.4, -0.2) is 37.2 Å². The van der Waals surface area contributed by atoms with Crippen molar-refractivity contribution < 1.29 is 28.6 Å². The molecule has 0 rings (SSSR count). The molecular formula is C63H114O6. The molecule has 0 fully saturated rings. The molecule has 0 aliphatic carbocycles. The second kappa shape index (κ2) is 57.9. The molecule has 0 N–H and O–H groups in total. The van der Waals surface area contributed by atoms with Gasteiger partial charge in [0.05, 0.1) is 0 Å². The second-order valence-corrected chi connectivity index (χ2v) is 20.2. The first kappa shape index (κ1) is 66.4. The summed E-state index contributed by atoms with van der Waals surface area (Å²) in [5, 5.41) is 0. The average molecular weight is 968 g/mol.